The van der Waals surface area contributed by atoms with Gasteiger partial charge in [0.05, 0.1) is 0 Å². The molecule has 1 aliphatic rings. The maximum Gasteiger partial charge on any atom is 0.0284 e. The van der Waals surface area contributed by atoms with Crippen molar-refractivity contribution < 1.29 is 0 Å². The summed E-state index contributed by atoms with van der Waals surface area (Å²) >= 11 is 0. The molecular weight excluding hydrogens is 160 g/mol. The van der Waals surface area contributed by atoms with Crippen LogP contribution in [0.1, 0.15) is 41.5 Å². The first-order valence-corrected chi connectivity index (χ1v) is 5.03. The normalized spacial score (nSPS) is 25.6. The minimum absolute atomic E-state index is 0. The highest BCUT2D eigenvalue weighted by atomic mass is 15.7. The van der Waals surface area contributed by atoms with Crippen molar-refractivity contribution in [3.05, 3.63) is 0 Å². The van der Waals surface area contributed by atoms with E-state index >= 15 is 0 Å². The van der Waals surface area contributed by atoms with Gasteiger partial charge >= 0.3 is 0 Å². The van der Waals surface area contributed by atoms with Crippen LogP contribution in [0.15, 0.2) is 0 Å². The zero-order valence-corrected chi connectivity index (χ0v) is 9.04. The molecule has 1 atom stereocenters. The van der Waals surface area contributed by atoms with E-state index < -0.39 is 0 Å². The Kier molecular flexibility index (Phi) is 4.93. The second kappa shape index (κ2) is 4.97. The van der Waals surface area contributed by atoms with E-state index in [0.717, 1.165) is 12.0 Å². The molecule has 0 saturated carbocycles. The van der Waals surface area contributed by atoms with E-state index in [9.17, 15) is 0 Å². The molecule has 0 aliphatic carbocycles. The van der Waals surface area contributed by atoms with Crippen molar-refractivity contribution in [3.63, 3.8) is 0 Å². The van der Waals surface area contributed by atoms with Crippen molar-refractivity contribution in [2.75, 3.05) is 13.6 Å². The first-order valence-electron chi connectivity index (χ1n) is 5.03. The third-order valence-corrected chi connectivity index (χ3v) is 2.78. The quantitative estimate of drug-likeness (QED) is 0.654. The van der Waals surface area contributed by atoms with Crippen molar-refractivity contribution >= 4 is 0 Å². The smallest absolute Gasteiger partial charge is 0.0284 e. The zero-order valence-electron chi connectivity index (χ0n) is 9.04. The lowest BCUT2D eigenvalue weighted by Gasteiger charge is -2.35. The number of rotatable bonds is 2. The van der Waals surface area contributed by atoms with Crippen LogP contribution in [0.3, 0.4) is 0 Å². The number of hydrogen-bond donors (Lipinski definition) is 0. The average molecular weight is 186 g/mol. The van der Waals surface area contributed by atoms with Crippen LogP contribution in [0.5, 0.6) is 0 Å². The first-order chi connectivity index (χ1) is 5.54. The van der Waals surface area contributed by atoms with Crippen LogP contribution in [0.2, 0.25) is 0 Å². The summed E-state index contributed by atoms with van der Waals surface area (Å²) in [5, 5.41) is 4.89. The van der Waals surface area contributed by atoms with Crippen molar-refractivity contribution in [2.45, 2.75) is 53.6 Å². The molecule has 1 fully saturated rings. The fourth-order valence-corrected chi connectivity index (χ4v) is 2.24. The van der Waals surface area contributed by atoms with E-state index in [2.05, 4.69) is 44.8 Å². The van der Waals surface area contributed by atoms with Crippen molar-refractivity contribution in [1.29, 1.82) is 0 Å². The first kappa shape index (κ1) is 12.9. The number of hydrazine groups is 1. The summed E-state index contributed by atoms with van der Waals surface area (Å²) in [6.07, 6.45) is 1.33. The Morgan fingerprint density at radius 1 is 1.15 bits per heavy atom. The van der Waals surface area contributed by atoms with Crippen LogP contribution in [-0.2, 0) is 0 Å². The molecule has 1 heterocycles. The van der Waals surface area contributed by atoms with E-state index in [1.807, 2.05) is 0 Å². The van der Waals surface area contributed by atoms with E-state index in [4.69, 9.17) is 0 Å². The predicted molar refractivity (Wildman–Crippen MR) is 59.6 cm³/mol. The van der Waals surface area contributed by atoms with Gasteiger partial charge < -0.3 is 0 Å². The molecule has 2 nitrogen and oxygen atoms in total. The number of nitrogens with zero attached hydrogens (tertiary/aromatic N) is 2. The largest absolute Gasteiger partial charge is 0.244 e. The third kappa shape index (κ3) is 2.68. The van der Waals surface area contributed by atoms with Gasteiger partial charge in [0, 0.05) is 25.7 Å². The highest BCUT2D eigenvalue weighted by Crippen LogP contribution is 2.25. The van der Waals surface area contributed by atoms with Gasteiger partial charge in [0.1, 0.15) is 0 Å². The maximum absolute atomic E-state index is 2.52. The van der Waals surface area contributed by atoms with Crippen LogP contribution >= 0.6 is 0 Å². The molecule has 0 aromatic carbocycles. The molecule has 80 valence electrons. The van der Waals surface area contributed by atoms with E-state index in [1.165, 1.54) is 13.0 Å². The van der Waals surface area contributed by atoms with Crippen LogP contribution in [0, 0.1) is 5.92 Å². The lowest BCUT2D eigenvalue weighted by Crippen LogP contribution is -2.45. The average Bonchev–Trinajstić information content (AvgIpc) is 2.30. The van der Waals surface area contributed by atoms with Crippen molar-refractivity contribution in [2.24, 2.45) is 5.92 Å². The van der Waals surface area contributed by atoms with Crippen LogP contribution < -0.4 is 0 Å². The topological polar surface area (TPSA) is 6.48 Å². The second-order valence-electron chi connectivity index (χ2n) is 4.46. The second-order valence-corrected chi connectivity index (χ2v) is 4.46. The van der Waals surface area contributed by atoms with Gasteiger partial charge in [0.25, 0.3) is 0 Å². The van der Waals surface area contributed by atoms with Gasteiger partial charge in [0.15, 0.2) is 0 Å². The van der Waals surface area contributed by atoms with Crippen molar-refractivity contribution in [1.82, 2.24) is 10.0 Å². The van der Waals surface area contributed by atoms with Crippen LogP contribution in [0.4, 0.5) is 0 Å². The van der Waals surface area contributed by atoms with Gasteiger partial charge in [-0.1, -0.05) is 21.3 Å². The van der Waals surface area contributed by atoms with Crippen LogP contribution in [-0.4, -0.2) is 35.7 Å². The van der Waals surface area contributed by atoms with E-state index in [-0.39, 0.29) is 7.43 Å². The maximum atomic E-state index is 2.52. The fourth-order valence-electron chi connectivity index (χ4n) is 2.24. The molecule has 0 unspecified atom stereocenters. The lowest BCUT2D eigenvalue weighted by atomic mass is 10.0. The molecule has 2 heteroatoms. The SMILES string of the molecule is C.CC(C)[C@@H]1CCN(C)N1C(C)C. The summed E-state index contributed by atoms with van der Waals surface area (Å²) in [6, 6.07) is 1.40. The third-order valence-electron chi connectivity index (χ3n) is 2.78. The molecule has 0 spiro atoms. The molecular formula is C11H26N2. The van der Waals surface area contributed by atoms with E-state index in [0.29, 0.717) is 6.04 Å². The molecule has 0 bridgehead atoms. The monoisotopic (exact) mass is 186 g/mol. The Morgan fingerprint density at radius 2 is 1.69 bits per heavy atom. The Hall–Kier alpha value is -0.0800. The Morgan fingerprint density at radius 3 is 2.00 bits per heavy atom. The van der Waals surface area contributed by atoms with Gasteiger partial charge in [-0.25, -0.2) is 10.0 Å². The molecule has 1 saturated heterocycles. The minimum atomic E-state index is 0. The minimum Gasteiger partial charge on any atom is -0.244 e. The summed E-state index contributed by atoms with van der Waals surface area (Å²) in [6.45, 7) is 10.4. The Labute approximate surface area is 83.9 Å². The van der Waals surface area contributed by atoms with Gasteiger partial charge in [0.2, 0.25) is 0 Å². The summed E-state index contributed by atoms with van der Waals surface area (Å²) in [7, 11) is 2.20. The summed E-state index contributed by atoms with van der Waals surface area (Å²) in [5.74, 6) is 0.775. The number of hydrogen-bond acceptors (Lipinski definition) is 2. The molecule has 0 N–H and O–H groups in total. The zero-order chi connectivity index (χ0) is 9.30. The van der Waals surface area contributed by atoms with Crippen molar-refractivity contribution in [3.8, 4) is 0 Å². The Bertz CT molecular complexity index is 143. The molecule has 0 amide bonds. The highest BCUT2D eigenvalue weighted by molar-refractivity contribution is 4.81. The summed E-state index contributed by atoms with van der Waals surface area (Å²) in [5.41, 5.74) is 0. The van der Waals surface area contributed by atoms with Gasteiger partial charge in [-0.2, -0.15) is 0 Å². The molecule has 1 rings (SSSR count). The van der Waals surface area contributed by atoms with E-state index in [1.54, 1.807) is 0 Å². The molecule has 13 heavy (non-hydrogen) atoms. The Balaban J connectivity index is 0.00000144. The summed E-state index contributed by atoms with van der Waals surface area (Å²) in [4.78, 5) is 0. The fraction of sp³-hybridized carbons (Fsp3) is 1.00. The lowest BCUT2D eigenvalue weighted by molar-refractivity contribution is -0.0226. The molecule has 0 aromatic heterocycles. The van der Waals surface area contributed by atoms with Crippen LogP contribution in [0.25, 0.3) is 0 Å². The predicted octanol–water partition coefficient (Wildman–Crippen LogP) is 2.61. The highest BCUT2D eigenvalue weighted by Gasteiger charge is 2.32. The summed E-state index contributed by atoms with van der Waals surface area (Å²) < 4.78 is 0. The van der Waals surface area contributed by atoms with Gasteiger partial charge in [-0.15, -0.1) is 0 Å². The molecule has 0 aromatic rings. The van der Waals surface area contributed by atoms with Gasteiger partial charge in [-0.3, -0.25) is 0 Å². The van der Waals surface area contributed by atoms with Gasteiger partial charge in [-0.05, 0) is 26.2 Å². The molecule has 1 aliphatic heterocycles. The standard InChI is InChI=1S/C10H22N2.CH4/c1-8(2)10-6-7-11(5)12(10)9(3)4;/h8-10H,6-7H2,1-5H3;1H4/t10-;/m0./s1. The molecule has 0 radical (unpaired) electrons.